The summed E-state index contributed by atoms with van der Waals surface area (Å²) in [6, 6.07) is 9.96. The van der Waals surface area contributed by atoms with Crippen LogP contribution in [-0.2, 0) is 13.0 Å². The smallest absolute Gasteiger partial charge is 0.166 e. The highest BCUT2D eigenvalue weighted by Gasteiger charge is 2.08. The van der Waals surface area contributed by atoms with E-state index < -0.39 is 0 Å². The van der Waals surface area contributed by atoms with Crippen molar-refractivity contribution in [2.24, 2.45) is 0 Å². The molecule has 0 fully saturated rings. The summed E-state index contributed by atoms with van der Waals surface area (Å²) in [5, 5.41) is 9.88. The van der Waals surface area contributed by atoms with Gasteiger partial charge in [0.25, 0.3) is 0 Å². The highest BCUT2D eigenvalue weighted by Crippen LogP contribution is 2.15. The summed E-state index contributed by atoms with van der Waals surface area (Å²) in [6.45, 7) is 2.76. The van der Waals surface area contributed by atoms with E-state index in [1.54, 1.807) is 10.8 Å². The Morgan fingerprint density at radius 3 is 2.86 bits per heavy atom. The number of hydrogen-bond acceptors (Lipinski definition) is 4. The van der Waals surface area contributed by atoms with Crippen molar-refractivity contribution in [3.63, 3.8) is 0 Å². The van der Waals surface area contributed by atoms with Crippen molar-refractivity contribution >= 4 is 16.6 Å². The molecule has 3 aromatic heterocycles. The molecule has 0 radical (unpaired) electrons. The third-order valence-corrected chi connectivity index (χ3v) is 3.46. The normalized spacial score (nSPS) is 11.5. The van der Waals surface area contributed by atoms with Crippen molar-refractivity contribution in [1.29, 1.82) is 0 Å². The van der Waals surface area contributed by atoms with Crippen LogP contribution >= 0.6 is 0 Å². The first-order valence-corrected chi connectivity index (χ1v) is 6.89. The SMILES string of the molecule is Cc1ccn(CCc2nc3c4ccccc4ncn3n2)n1. The molecule has 0 unspecified atom stereocenters. The number of para-hydroxylation sites is 1. The maximum Gasteiger partial charge on any atom is 0.166 e. The second-order valence-corrected chi connectivity index (χ2v) is 5.03. The number of benzene rings is 1. The monoisotopic (exact) mass is 278 g/mol. The van der Waals surface area contributed by atoms with E-state index in [4.69, 9.17) is 0 Å². The molecule has 4 rings (SSSR count). The van der Waals surface area contributed by atoms with Gasteiger partial charge < -0.3 is 0 Å². The van der Waals surface area contributed by atoms with Crippen molar-refractivity contribution in [2.75, 3.05) is 0 Å². The molecule has 3 heterocycles. The summed E-state index contributed by atoms with van der Waals surface area (Å²) >= 11 is 0. The second-order valence-electron chi connectivity index (χ2n) is 5.03. The maximum atomic E-state index is 4.63. The van der Waals surface area contributed by atoms with Gasteiger partial charge in [0, 0.05) is 24.5 Å². The molecule has 4 aromatic rings. The first-order chi connectivity index (χ1) is 10.3. The van der Waals surface area contributed by atoms with Crippen molar-refractivity contribution in [3.8, 4) is 0 Å². The number of nitrogens with zero attached hydrogens (tertiary/aromatic N) is 6. The van der Waals surface area contributed by atoms with Crippen LogP contribution in [0.2, 0.25) is 0 Å². The summed E-state index contributed by atoms with van der Waals surface area (Å²) in [6.07, 6.45) is 4.44. The third-order valence-electron chi connectivity index (χ3n) is 3.46. The van der Waals surface area contributed by atoms with Crippen LogP contribution in [0.25, 0.3) is 16.6 Å². The zero-order valence-corrected chi connectivity index (χ0v) is 11.6. The highest BCUT2D eigenvalue weighted by atomic mass is 15.3. The lowest BCUT2D eigenvalue weighted by Gasteiger charge is -1.96. The predicted octanol–water partition coefficient (Wildman–Crippen LogP) is 2.03. The molecule has 0 amide bonds. The second kappa shape index (κ2) is 4.66. The van der Waals surface area contributed by atoms with Gasteiger partial charge in [-0.15, -0.1) is 5.10 Å². The van der Waals surface area contributed by atoms with E-state index in [9.17, 15) is 0 Å². The molecular weight excluding hydrogens is 264 g/mol. The molecule has 0 aliphatic carbocycles. The standard InChI is InChI=1S/C15H14N6/c1-11-6-8-20(18-11)9-7-14-17-15-12-4-2-3-5-13(12)16-10-21(15)19-14/h2-6,8,10H,7,9H2,1H3. The van der Waals surface area contributed by atoms with Crippen molar-refractivity contribution < 1.29 is 0 Å². The number of aryl methyl sites for hydroxylation is 3. The lowest BCUT2D eigenvalue weighted by atomic mass is 10.2. The van der Waals surface area contributed by atoms with Crippen molar-refractivity contribution in [1.82, 2.24) is 29.4 Å². The van der Waals surface area contributed by atoms with Crippen molar-refractivity contribution in [2.45, 2.75) is 19.9 Å². The van der Waals surface area contributed by atoms with E-state index in [2.05, 4.69) is 20.2 Å². The quantitative estimate of drug-likeness (QED) is 0.575. The van der Waals surface area contributed by atoms with Gasteiger partial charge >= 0.3 is 0 Å². The average Bonchev–Trinajstić information content (AvgIpc) is 3.11. The maximum absolute atomic E-state index is 4.63. The van der Waals surface area contributed by atoms with E-state index in [-0.39, 0.29) is 0 Å². The zero-order valence-electron chi connectivity index (χ0n) is 11.6. The molecule has 1 aromatic carbocycles. The lowest BCUT2D eigenvalue weighted by Crippen LogP contribution is -2.03. The number of hydrogen-bond donors (Lipinski definition) is 0. The Balaban J connectivity index is 1.68. The van der Waals surface area contributed by atoms with Gasteiger partial charge in [-0.1, -0.05) is 12.1 Å². The Kier molecular flexibility index (Phi) is 2.67. The van der Waals surface area contributed by atoms with E-state index in [0.717, 1.165) is 41.0 Å². The van der Waals surface area contributed by atoms with Crippen LogP contribution in [0.3, 0.4) is 0 Å². The fraction of sp³-hybridized carbons (Fsp3) is 0.200. The van der Waals surface area contributed by atoms with Crippen LogP contribution < -0.4 is 0 Å². The number of rotatable bonds is 3. The summed E-state index contributed by atoms with van der Waals surface area (Å²) in [7, 11) is 0. The highest BCUT2D eigenvalue weighted by molar-refractivity contribution is 5.90. The minimum atomic E-state index is 0.747. The van der Waals surface area contributed by atoms with E-state index >= 15 is 0 Å². The molecule has 0 aliphatic heterocycles. The molecule has 0 atom stereocenters. The lowest BCUT2D eigenvalue weighted by molar-refractivity contribution is 0.595. The van der Waals surface area contributed by atoms with E-state index in [0.29, 0.717) is 0 Å². The fourth-order valence-electron chi connectivity index (χ4n) is 2.43. The molecule has 6 nitrogen and oxygen atoms in total. The molecule has 0 bridgehead atoms. The largest absolute Gasteiger partial charge is 0.272 e. The molecule has 21 heavy (non-hydrogen) atoms. The van der Waals surface area contributed by atoms with Gasteiger partial charge in [-0.05, 0) is 25.1 Å². The Hall–Kier alpha value is -2.76. The Bertz CT molecular complexity index is 920. The predicted molar refractivity (Wildman–Crippen MR) is 79.0 cm³/mol. The summed E-state index contributed by atoms with van der Waals surface area (Å²) in [5.41, 5.74) is 2.81. The molecule has 0 saturated carbocycles. The van der Waals surface area contributed by atoms with Gasteiger partial charge in [0.1, 0.15) is 6.33 Å². The van der Waals surface area contributed by atoms with Crippen LogP contribution in [0.4, 0.5) is 0 Å². The Morgan fingerprint density at radius 2 is 2.00 bits per heavy atom. The first kappa shape index (κ1) is 12.0. The molecule has 6 heteroatoms. The van der Waals surface area contributed by atoms with Gasteiger partial charge in [0.2, 0.25) is 0 Å². The Morgan fingerprint density at radius 1 is 1.10 bits per heavy atom. The van der Waals surface area contributed by atoms with Crippen LogP contribution in [0, 0.1) is 6.92 Å². The molecular formula is C15H14N6. The summed E-state index contributed by atoms with van der Waals surface area (Å²) in [5.74, 6) is 0.807. The van der Waals surface area contributed by atoms with Crippen LogP contribution in [0.1, 0.15) is 11.5 Å². The molecule has 104 valence electrons. The number of aromatic nitrogens is 6. The van der Waals surface area contributed by atoms with E-state index in [1.165, 1.54) is 0 Å². The first-order valence-electron chi connectivity index (χ1n) is 6.89. The van der Waals surface area contributed by atoms with Gasteiger partial charge in [-0.25, -0.2) is 14.5 Å². The van der Waals surface area contributed by atoms with Crippen molar-refractivity contribution in [3.05, 3.63) is 54.4 Å². The van der Waals surface area contributed by atoms with Gasteiger partial charge in [-0.2, -0.15) is 5.10 Å². The minimum Gasteiger partial charge on any atom is -0.272 e. The van der Waals surface area contributed by atoms with Crippen LogP contribution in [-0.4, -0.2) is 29.4 Å². The molecule has 0 spiro atoms. The van der Waals surface area contributed by atoms with E-state index in [1.807, 2.05) is 48.1 Å². The fourth-order valence-corrected chi connectivity index (χ4v) is 2.43. The van der Waals surface area contributed by atoms with Gasteiger partial charge in [0.05, 0.1) is 11.2 Å². The summed E-state index contributed by atoms with van der Waals surface area (Å²) < 4.78 is 3.66. The molecule has 0 N–H and O–H groups in total. The van der Waals surface area contributed by atoms with Gasteiger partial charge in [0.15, 0.2) is 11.5 Å². The topological polar surface area (TPSA) is 60.9 Å². The molecule has 0 saturated heterocycles. The average molecular weight is 278 g/mol. The van der Waals surface area contributed by atoms with Gasteiger partial charge in [-0.3, -0.25) is 4.68 Å². The number of fused-ring (bicyclic) bond motifs is 3. The summed E-state index contributed by atoms with van der Waals surface area (Å²) in [4.78, 5) is 9.02. The Labute approximate surface area is 121 Å². The zero-order chi connectivity index (χ0) is 14.2. The van der Waals surface area contributed by atoms with Crippen LogP contribution in [0.5, 0.6) is 0 Å². The molecule has 0 aliphatic rings. The minimum absolute atomic E-state index is 0.747. The third kappa shape index (κ3) is 2.14. The van der Waals surface area contributed by atoms with Crippen LogP contribution in [0.15, 0.2) is 42.9 Å².